The van der Waals surface area contributed by atoms with Crippen molar-refractivity contribution >= 4 is 17.8 Å². The lowest BCUT2D eigenvalue weighted by molar-refractivity contribution is -0.246. The van der Waals surface area contributed by atoms with Crippen molar-refractivity contribution in [3.8, 4) is 0 Å². The number of amides is 2. The third-order valence-electron chi connectivity index (χ3n) is 17.0. The second kappa shape index (κ2) is 13.9. The maximum Gasteiger partial charge on any atom is 0.335 e. The molecule has 2 unspecified atom stereocenters. The largest absolute Gasteiger partial charge is 0.478 e. The molecule has 7 nitrogen and oxygen atoms in total. The lowest BCUT2D eigenvalue weighted by Crippen LogP contribution is -2.67. The van der Waals surface area contributed by atoms with Crippen LogP contribution in [0.15, 0.2) is 60.7 Å². The van der Waals surface area contributed by atoms with Crippen molar-refractivity contribution in [2.75, 3.05) is 6.54 Å². The number of hydrogen-bond donors (Lipinski definition) is 4. The number of carbonyl (C=O) groups is 3. The van der Waals surface area contributed by atoms with Crippen LogP contribution in [0.4, 0.5) is 0 Å². The minimum Gasteiger partial charge on any atom is -0.478 e. The van der Waals surface area contributed by atoms with Gasteiger partial charge < -0.3 is 20.8 Å². The molecule has 0 aromatic heterocycles. The number of carboxylic acid groups (broad SMARTS) is 1. The van der Waals surface area contributed by atoms with Crippen LogP contribution < -0.4 is 10.6 Å². The van der Waals surface area contributed by atoms with E-state index >= 15 is 0 Å². The zero-order chi connectivity index (χ0) is 38.8. The monoisotopic (exact) mass is 736 g/mol. The molecule has 5 saturated carbocycles. The van der Waals surface area contributed by atoms with Crippen LogP contribution in [-0.4, -0.2) is 40.6 Å². The third-order valence-corrected chi connectivity index (χ3v) is 17.0. The Morgan fingerprint density at radius 3 is 2.22 bits per heavy atom. The molecule has 0 aliphatic heterocycles. The molecule has 0 spiro atoms. The summed E-state index contributed by atoms with van der Waals surface area (Å²) in [6, 6.07) is 14.2. The number of aromatic carboxylic acids is 1. The van der Waals surface area contributed by atoms with Gasteiger partial charge >= 0.3 is 5.97 Å². The third kappa shape index (κ3) is 6.06. The summed E-state index contributed by atoms with van der Waals surface area (Å²) in [6.07, 6.45) is 11.0. The second-order valence-corrected chi connectivity index (χ2v) is 19.6. The molecule has 292 valence electrons. The molecule has 7 heteroatoms. The molecule has 0 heterocycles. The first-order valence-electron chi connectivity index (χ1n) is 20.8. The molecule has 0 radical (unpaired) electrons. The highest BCUT2D eigenvalue weighted by Gasteiger charge is 2.71. The smallest absolute Gasteiger partial charge is 0.335 e. The topological polar surface area (TPSA) is 116 Å². The Labute approximate surface area is 323 Å². The van der Waals surface area contributed by atoms with Crippen LogP contribution in [-0.2, 0) is 17.8 Å². The molecule has 7 rings (SSSR count). The number of carboxylic acids is 1. The molecule has 2 aromatic carbocycles. The van der Waals surface area contributed by atoms with Crippen LogP contribution in [0.5, 0.6) is 0 Å². The number of aliphatic hydroxyl groups excluding tert-OH is 1. The fourth-order valence-electron chi connectivity index (χ4n) is 13.9. The Kier molecular flexibility index (Phi) is 10.0. The van der Waals surface area contributed by atoms with Crippen LogP contribution in [0.25, 0.3) is 0 Å². The fraction of sp³-hybridized carbons (Fsp3) is 0.638. The van der Waals surface area contributed by atoms with E-state index in [2.05, 4.69) is 58.8 Å². The van der Waals surface area contributed by atoms with Crippen LogP contribution in [0.1, 0.15) is 138 Å². The predicted molar refractivity (Wildman–Crippen MR) is 213 cm³/mol. The van der Waals surface area contributed by atoms with Crippen molar-refractivity contribution in [3.05, 3.63) is 82.9 Å². The lowest BCUT2D eigenvalue weighted by Gasteiger charge is -2.72. The van der Waals surface area contributed by atoms with Gasteiger partial charge in [0.1, 0.15) is 0 Å². The molecule has 5 fully saturated rings. The number of hydrogen-bond acceptors (Lipinski definition) is 4. The first kappa shape index (κ1) is 38.8. The summed E-state index contributed by atoms with van der Waals surface area (Å²) in [7, 11) is 0. The average molecular weight is 737 g/mol. The van der Waals surface area contributed by atoms with Crippen LogP contribution in [0, 0.1) is 56.7 Å². The summed E-state index contributed by atoms with van der Waals surface area (Å²) in [5, 5.41) is 26.6. The zero-order valence-corrected chi connectivity index (χ0v) is 33.6. The molecule has 2 amide bonds. The van der Waals surface area contributed by atoms with Gasteiger partial charge in [-0.15, -0.1) is 0 Å². The van der Waals surface area contributed by atoms with E-state index in [0.717, 1.165) is 56.1 Å². The SMILES string of the molecule is C=C(C)[C@@H]1CC[C@]2(C(=O)NCc3cccc(C(=O)NCCc4ccc(C(=O)O)cc4)c3)CC[C@]3(C)C(CC[C@@H]4[C@@]5(C)CC[C@H](O)C(C)(C)C5CC[C@]43C)[C@@H]12. The number of carbonyl (C=O) groups excluding carboxylic acids is 2. The van der Waals surface area contributed by atoms with E-state index in [9.17, 15) is 19.5 Å². The maximum absolute atomic E-state index is 14.7. The fourth-order valence-corrected chi connectivity index (χ4v) is 13.9. The Hall–Kier alpha value is -3.45. The predicted octanol–water partition coefficient (Wildman–Crippen LogP) is 8.99. The zero-order valence-electron chi connectivity index (χ0n) is 33.6. The minimum absolute atomic E-state index is 0.0644. The molecule has 5 aliphatic rings. The molecular formula is C47H64N2O5. The van der Waals surface area contributed by atoms with Crippen LogP contribution in [0.3, 0.4) is 0 Å². The van der Waals surface area contributed by atoms with Crippen molar-refractivity contribution in [1.82, 2.24) is 10.6 Å². The van der Waals surface area contributed by atoms with E-state index < -0.39 is 11.4 Å². The van der Waals surface area contributed by atoms with Crippen molar-refractivity contribution in [2.24, 2.45) is 56.7 Å². The first-order chi connectivity index (χ1) is 25.5. The highest BCUT2D eigenvalue weighted by Crippen LogP contribution is 2.77. The van der Waals surface area contributed by atoms with Gasteiger partial charge in [-0.1, -0.05) is 71.0 Å². The van der Waals surface area contributed by atoms with Gasteiger partial charge in [0.25, 0.3) is 5.91 Å². The molecular weight excluding hydrogens is 673 g/mol. The normalized spacial score (nSPS) is 37.8. The molecule has 2 aromatic rings. The number of rotatable bonds is 9. The number of aliphatic hydroxyl groups is 1. The van der Waals surface area contributed by atoms with E-state index in [0.29, 0.717) is 48.7 Å². The van der Waals surface area contributed by atoms with Crippen LogP contribution in [0.2, 0.25) is 0 Å². The van der Waals surface area contributed by atoms with E-state index in [1.165, 1.54) is 24.8 Å². The van der Waals surface area contributed by atoms with Gasteiger partial charge in [-0.3, -0.25) is 9.59 Å². The highest BCUT2D eigenvalue weighted by atomic mass is 16.4. The van der Waals surface area contributed by atoms with Gasteiger partial charge in [0, 0.05) is 18.7 Å². The number of benzene rings is 2. The maximum atomic E-state index is 14.7. The molecule has 0 saturated heterocycles. The van der Waals surface area contributed by atoms with Crippen molar-refractivity contribution in [1.29, 1.82) is 0 Å². The van der Waals surface area contributed by atoms with E-state index in [-0.39, 0.29) is 51.1 Å². The van der Waals surface area contributed by atoms with Gasteiger partial charge in [0.05, 0.1) is 17.1 Å². The van der Waals surface area contributed by atoms with Crippen molar-refractivity contribution in [2.45, 2.75) is 125 Å². The summed E-state index contributed by atoms with van der Waals surface area (Å²) in [6.45, 7) is 20.0. The van der Waals surface area contributed by atoms with Gasteiger partial charge in [-0.25, -0.2) is 4.79 Å². The summed E-state index contributed by atoms with van der Waals surface area (Å²) in [5.74, 6) is 1.29. The van der Waals surface area contributed by atoms with Gasteiger partial charge in [-0.05, 0) is 164 Å². The van der Waals surface area contributed by atoms with Crippen LogP contribution >= 0.6 is 0 Å². The Morgan fingerprint density at radius 2 is 1.52 bits per heavy atom. The van der Waals surface area contributed by atoms with Crippen molar-refractivity contribution in [3.63, 3.8) is 0 Å². The minimum atomic E-state index is -0.957. The average Bonchev–Trinajstić information content (AvgIpc) is 3.54. The van der Waals surface area contributed by atoms with E-state index in [4.69, 9.17) is 5.11 Å². The summed E-state index contributed by atoms with van der Waals surface area (Å²) in [5.41, 5.74) is 3.96. The summed E-state index contributed by atoms with van der Waals surface area (Å²) < 4.78 is 0. The van der Waals surface area contributed by atoms with E-state index in [1.54, 1.807) is 30.3 Å². The van der Waals surface area contributed by atoms with Gasteiger partial charge in [-0.2, -0.15) is 0 Å². The molecule has 0 bridgehead atoms. The van der Waals surface area contributed by atoms with Gasteiger partial charge in [0.15, 0.2) is 0 Å². The Bertz CT molecular complexity index is 1800. The lowest BCUT2D eigenvalue weighted by atomic mass is 9.32. The highest BCUT2D eigenvalue weighted by molar-refractivity contribution is 5.94. The quantitative estimate of drug-likeness (QED) is 0.192. The second-order valence-electron chi connectivity index (χ2n) is 19.6. The summed E-state index contributed by atoms with van der Waals surface area (Å²) >= 11 is 0. The summed E-state index contributed by atoms with van der Waals surface area (Å²) in [4.78, 5) is 38.9. The number of allylic oxidation sites excluding steroid dienone is 1. The van der Waals surface area contributed by atoms with Crippen molar-refractivity contribution < 1.29 is 24.6 Å². The molecule has 10 atom stereocenters. The Balaban J connectivity index is 1.05. The number of nitrogens with one attached hydrogen (secondary N) is 2. The Morgan fingerprint density at radius 1 is 0.778 bits per heavy atom. The molecule has 54 heavy (non-hydrogen) atoms. The van der Waals surface area contributed by atoms with E-state index in [1.807, 2.05) is 18.2 Å². The van der Waals surface area contributed by atoms with Gasteiger partial charge in [0.2, 0.25) is 5.91 Å². The molecule has 5 aliphatic carbocycles. The first-order valence-corrected chi connectivity index (χ1v) is 20.8. The standard InChI is InChI=1S/C47H64N2O5/c1-29(2)34-17-23-47(42(54)49-28-31-9-8-10-33(27-31)40(51)48-26-20-30-11-13-32(14-12-30)41(52)53)25-24-45(6)35(39(34)47)15-16-37-44(5)21-19-38(50)43(3,4)36(44)18-22-46(37,45)7/h8-14,27,34-39,50H,1,15-26,28H2,2-7H3,(H,48,51)(H,49,54)(H,52,53)/t34-,35?,36?,37+,38-,39+,44-,45+,46+,47-/m0/s1. The molecule has 4 N–H and O–H groups in total. The number of fused-ring (bicyclic) bond motifs is 7.